The molecule has 0 aliphatic heterocycles. The van der Waals surface area contributed by atoms with Gasteiger partial charge in [-0.05, 0) is 81.0 Å². The van der Waals surface area contributed by atoms with E-state index in [0.29, 0.717) is 31.0 Å². The molecule has 1 amide bonds. The Morgan fingerprint density at radius 1 is 1.06 bits per heavy atom. The average Bonchev–Trinajstić information content (AvgIpc) is 2.83. The Morgan fingerprint density at radius 3 is 2.42 bits per heavy atom. The molecule has 0 saturated carbocycles. The van der Waals surface area contributed by atoms with E-state index < -0.39 is 5.60 Å². The quantitative estimate of drug-likeness (QED) is 0.284. The molecular weight excluding hydrogens is 474 g/mol. The molecule has 1 atom stereocenters. The van der Waals surface area contributed by atoms with Crippen LogP contribution in [0.2, 0.25) is 5.02 Å². The number of benzene rings is 2. The van der Waals surface area contributed by atoms with Gasteiger partial charge in [-0.3, -0.25) is 0 Å². The molecule has 1 N–H and O–H groups in total. The molecule has 2 aromatic carbocycles. The molecule has 5 nitrogen and oxygen atoms in total. The molecule has 2 rings (SSSR count). The Hall–Kier alpha value is -2.08. The number of aryl methyl sites for hydroxylation is 1. The molecule has 0 heterocycles. The summed E-state index contributed by atoms with van der Waals surface area (Å²) in [4.78, 5) is 14.3. The lowest BCUT2D eigenvalue weighted by atomic mass is 9.69. The minimum absolute atomic E-state index is 0.0430. The van der Waals surface area contributed by atoms with E-state index >= 15 is 0 Å². The number of aliphatic hydroxyl groups is 1. The van der Waals surface area contributed by atoms with Gasteiger partial charge in [-0.1, -0.05) is 61.3 Å². The number of hydrogen-bond donors (Lipinski definition) is 1. The number of carbonyl (C=O) groups excluding carboxylic acids is 1. The van der Waals surface area contributed by atoms with Gasteiger partial charge in [0.25, 0.3) is 0 Å². The molecular formula is C30H44ClNO4. The first-order valence-electron chi connectivity index (χ1n) is 13.0. The lowest BCUT2D eigenvalue weighted by Gasteiger charge is -2.38. The highest BCUT2D eigenvalue weighted by molar-refractivity contribution is 6.33. The number of amides is 1. The van der Waals surface area contributed by atoms with Gasteiger partial charge in [-0.2, -0.15) is 0 Å². The molecule has 0 aliphatic rings. The smallest absolute Gasteiger partial charge is 0.410 e. The Morgan fingerprint density at radius 2 is 1.78 bits per heavy atom. The molecule has 0 saturated heterocycles. The fourth-order valence-corrected chi connectivity index (χ4v) is 5.01. The van der Waals surface area contributed by atoms with E-state index in [1.807, 2.05) is 32.9 Å². The fourth-order valence-electron chi connectivity index (χ4n) is 4.72. The molecule has 0 aromatic heterocycles. The number of ether oxygens (including phenoxy) is 2. The van der Waals surface area contributed by atoms with E-state index in [1.54, 1.807) is 19.1 Å². The van der Waals surface area contributed by atoms with Crippen LogP contribution < -0.4 is 0 Å². The summed E-state index contributed by atoms with van der Waals surface area (Å²) >= 11 is 6.87. The van der Waals surface area contributed by atoms with Gasteiger partial charge in [-0.25, -0.2) is 4.79 Å². The van der Waals surface area contributed by atoms with Gasteiger partial charge < -0.3 is 19.5 Å². The molecule has 2 aromatic rings. The lowest BCUT2D eigenvalue weighted by molar-refractivity contribution is 0.0282. The lowest BCUT2D eigenvalue weighted by Crippen LogP contribution is -2.38. The van der Waals surface area contributed by atoms with Gasteiger partial charge in [0.05, 0.1) is 0 Å². The zero-order chi connectivity index (χ0) is 26.8. The van der Waals surface area contributed by atoms with Crippen molar-refractivity contribution in [3.63, 3.8) is 0 Å². The van der Waals surface area contributed by atoms with Crippen LogP contribution in [0.5, 0.6) is 0 Å². The zero-order valence-corrected chi connectivity index (χ0v) is 23.7. The van der Waals surface area contributed by atoms with Crippen molar-refractivity contribution in [2.45, 2.75) is 77.2 Å². The summed E-state index contributed by atoms with van der Waals surface area (Å²) < 4.78 is 10.9. The van der Waals surface area contributed by atoms with Gasteiger partial charge in [-0.15, -0.1) is 0 Å². The summed E-state index contributed by atoms with van der Waals surface area (Å²) in [6, 6.07) is 14.6. The Labute approximate surface area is 222 Å². The van der Waals surface area contributed by atoms with Crippen molar-refractivity contribution in [1.82, 2.24) is 4.90 Å². The SMILES string of the molecule is CCc1cccc(-c2c(Cl)cccc2C(CCO)(CCCCOC)CCN(C)C(=O)OC(C)(C)C)c1. The highest BCUT2D eigenvalue weighted by Gasteiger charge is 2.35. The monoisotopic (exact) mass is 517 g/mol. The Balaban J connectivity index is 2.53. The zero-order valence-electron chi connectivity index (χ0n) is 22.9. The first kappa shape index (κ1) is 30.1. The molecule has 200 valence electrons. The Bertz CT molecular complexity index is 972. The van der Waals surface area contributed by atoms with Crippen molar-refractivity contribution >= 4 is 17.7 Å². The second kappa shape index (κ2) is 14.0. The van der Waals surface area contributed by atoms with Crippen LogP contribution in [0.4, 0.5) is 4.79 Å². The molecule has 0 fully saturated rings. The van der Waals surface area contributed by atoms with Gasteiger partial charge in [0.15, 0.2) is 0 Å². The van der Waals surface area contributed by atoms with Gasteiger partial charge >= 0.3 is 6.09 Å². The number of unbranched alkanes of at least 4 members (excludes halogenated alkanes) is 1. The number of nitrogens with zero attached hydrogens (tertiary/aromatic N) is 1. The first-order chi connectivity index (χ1) is 17.1. The molecule has 0 spiro atoms. The maximum absolute atomic E-state index is 12.7. The second-order valence-electron chi connectivity index (χ2n) is 10.6. The topological polar surface area (TPSA) is 59.0 Å². The normalized spacial score (nSPS) is 13.3. The van der Waals surface area contributed by atoms with Gasteiger partial charge in [0, 0.05) is 44.5 Å². The van der Waals surface area contributed by atoms with Crippen LogP contribution in [0.1, 0.15) is 70.9 Å². The van der Waals surface area contributed by atoms with Crippen LogP contribution in [-0.2, 0) is 21.3 Å². The van der Waals surface area contributed by atoms with Gasteiger partial charge in [0.2, 0.25) is 0 Å². The van der Waals surface area contributed by atoms with Crippen molar-refractivity contribution in [2.75, 3.05) is 33.9 Å². The molecule has 6 heteroatoms. The van der Waals surface area contributed by atoms with Crippen LogP contribution in [0.15, 0.2) is 42.5 Å². The van der Waals surface area contributed by atoms with E-state index in [2.05, 4.69) is 37.3 Å². The maximum atomic E-state index is 12.7. The van der Waals surface area contributed by atoms with E-state index in [4.69, 9.17) is 21.1 Å². The number of methoxy groups -OCH3 is 1. The summed E-state index contributed by atoms with van der Waals surface area (Å²) in [5, 5.41) is 10.9. The average molecular weight is 518 g/mol. The second-order valence-corrected chi connectivity index (χ2v) is 11.0. The standard InChI is InChI=1S/C30H44ClNO4/c1-7-23-12-10-13-24(22-23)27-25(14-11-15-26(27)31)30(18-20-33,16-8-9-21-35-6)17-19-32(5)28(34)36-29(2,3)4/h10-15,22,33H,7-9,16-21H2,1-6H3. The number of carbonyl (C=O) groups is 1. The highest BCUT2D eigenvalue weighted by atomic mass is 35.5. The fraction of sp³-hybridized carbons (Fsp3) is 0.567. The molecule has 0 radical (unpaired) electrons. The third-order valence-corrected chi connectivity index (χ3v) is 7.00. The summed E-state index contributed by atoms with van der Waals surface area (Å²) in [7, 11) is 3.48. The van der Waals surface area contributed by atoms with E-state index in [0.717, 1.165) is 42.4 Å². The molecule has 36 heavy (non-hydrogen) atoms. The van der Waals surface area contributed by atoms with Crippen molar-refractivity contribution in [3.8, 4) is 11.1 Å². The minimum Gasteiger partial charge on any atom is -0.444 e. The van der Waals surface area contributed by atoms with Crippen LogP contribution in [0.3, 0.4) is 0 Å². The van der Waals surface area contributed by atoms with Crippen molar-refractivity contribution in [3.05, 3.63) is 58.6 Å². The van der Waals surface area contributed by atoms with E-state index in [9.17, 15) is 9.90 Å². The summed E-state index contributed by atoms with van der Waals surface area (Å²) in [6.45, 7) is 8.98. The largest absolute Gasteiger partial charge is 0.444 e. The summed E-state index contributed by atoms with van der Waals surface area (Å²) in [5.74, 6) is 0. The number of aliphatic hydroxyl groups excluding tert-OH is 1. The highest BCUT2D eigenvalue weighted by Crippen LogP contribution is 2.45. The van der Waals surface area contributed by atoms with E-state index in [1.165, 1.54) is 5.56 Å². The van der Waals surface area contributed by atoms with Crippen molar-refractivity contribution < 1.29 is 19.4 Å². The number of rotatable bonds is 13. The summed E-state index contributed by atoms with van der Waals surface area (Å²) in [6.07, 6.45) is 4.55. The maximum Gasteiger partial charge on any atom is 0.410 e. The molecule has 1 unspecified atom stereocenters. The number of halogens is 1. The number of hydrogen-bond acceptors (Lipinski definition) is 4. The molecule has 0 bridgehead atoms. The van der Waals surface area contributed by atoms with Crippen molar-refractivity contribution in [1.29, 1.82) is 0 Å². The minimum atomic E-state index is -0.557. The van der Waals surface area contributed by atoms with Crippen LogP contribution in [0, 0.1) is 0 Å². The van der Waals surface area contributed by atoms with Gasteiger partial charge in [0.1, 0.15) is 5.60 Å². The van der Waals surface area contributed by atoms with Crippen LogP contribution >= 0.6 is 11.6 Å². The molecule has 0 aliphatic carbocycles. The van der Waals surface area contributed by atoms with Crippen LogP contribution in [0.25, 0.3) is 11.1 Å². The van der Waals surface area contributed by atoms with E-state index in [-0.39, 0.29) is 18.1 Å². The third kappa shape index (κ3) is 8.50. The first-order valence-corrected chi connectivity index (χ1v) is 13.4. The third-order valence-electron chi connectivity index (χ3n) is 6.68. The predicted molar refractivity (Wildman–Crippen MR) is 149 cm³/mol. The van der Waals surface area contributed by atoms with Crippen molar-refractivity contribution in [2.24, 2.45) is 0 Å². The Kier molecular flexibility index (Phi) is 11.7. The van der Waals surface area contributed by atoms with Crippen LogP contribution in [-0.4, -0.2) is 55.6 Å². The predicted octanol–water partition coefficient (Wildman–Crippen LogP) is 7.26. The summed E-state index contributed by atoms with van der Waals surface area (Å²) in [5.41, 5.74) is 3.52.